The Morgan fingerprint density at radius 1 is 1.68 bits per heavy atom. The number of anilines is 1. The Hall–Kier alpha value is -1.89. The van der Waals surface area contributed by atoms with Gasteiger partial charge in [0.05, 0.1) is 6.61 Å². The molecule has 7 nitrogen and oxygen atoms in total. The van der Waals surface area contributed by atoms with Crippen molar-refractivity contribution in [1.29, 1.82) is 0 Å². The van der Waals surface area contributed by atoms with E-state index in [-0.39, 0.29) is 5.84 Å². The van der Waals surface area contributed by atoms with E-state index in [1.807, 2.05) is 11.9 Å². The molecule has 3 N–H and O–H groups in total. The molecule has 2 heterocycles. The number of nitrogens with two attached hydrogens (primary N) is 1. The van der Waals surface area contributed by atoms with Gasteiger partial charge >= 0.3 is 0 Å². The summed E-state index contributed by atoms with van der Waals surface area (Å²) in [6, 6.07) is 1.61. The van der Waals surface area contributed by atoms with Crippen molar-refractivity contribution in [2.24, 2.45) is 16.8 Å². The second kappa shape index (κ2) is 6.33. The van der Waals surface area contributed by atoms with Crippen molar-refractivity contribution in [3.05, 3.63) is 18.0 Å². The van der Waals surface area contributed by atoms with Crippen LogP contribution in [0.1, 0.15) is 18.5 Å². The lowest BCUT2D eigenvalue weighted by atomic mass is 10.0. The maximum Gasteiger partial charge on any atom is 0.225 e. The Morgan fingerprint density at radius 3 is 3.21 bits per heavy atom. The molecule has 1 atom stereocenters. The standard InChI is InChI=1S/C12H19N5O2/c1-17(7-9-3-2-6-19-8-9)12-14-5-4-10(15-12)11(13)16-18/h4-5,9,18H,2-3,6-8H2,1H3,(H2,13,16). The number of rotatable bonds is 4. The van der Waals surface area contributed by atoms with Gasteiger partial charge < -0.3 is 20.6 Å². The normalized spacial score (nSPS) is 20.3. The number of oxime groups is 1. The van der Waals surface area contributed by atoms with Crippen molar-refractivity contribution >= 4 is 11.8 Å². The molecule has 1 aromatic heterocycles. The van der Waals surface area contributed by atoms with E-state index in [2.05, 4.69) is 15.1 Å². The van der Waals surface area contributed by atoms with Gasteiger partial charge in [-0.2, -0.15) is 0 Å². The van der Waals surface area contributed by atoms with E-state index in [4.69, 9.17) is 15.7 Å². The molecule has 0 aliphatic carbocycles. The van der Waals surface area contributed by atoms with Gasteiger partial charge in [0.1, 0.15) is 5.69 Å². The lowest BCUT2D eigenvalue weighted by Crippen LogP contribution is -2.32. The lowest BCUT2D eigenvalue weighted by Gasteiger charge is -2.27. The third kappa shape index (κ3) is 3.54. The minimum absolute atomic E-state index is 0.0157. The van der Waals surface area contributed by atoms with E-state index in [0.29, 0.717) is 17.6 Å². The summed E-state index contributed by atoms with van der Waals surface area (Å²) in [5.74, 6) is 1.04. The molecule has 1 unspecified atom stereocenters. The third-order valence-electron chi connectivity index (χ3n) is 3.14. The second-order valence-corrected chi connectivity index (χ2v) is 4.69. The summed E-state index contributed by atoms with van der Waals surface area (Å²) in [4.78, 5) is 10.4. The van der Waals surface area contributed by atoms with E-state index < -0.39 is 0 Å². The molecule has 2 rings (SSSR count). The molecule has 1 fully saturated rings. The quantitative estimate of drug-likeness (QED) is 0.355. The van der Waals surface area contributed by atoms with E-state index in [0.717, 1.165) is 32.6 Å². The molecule has 1 aliphatic rings. The summed E-state index contributed by atoms with van der Waals surface area (Å²) in [6.07, 6.45) is 3.86. The molecule has 0 amide bonds. The molecule has 19 heavy (non-hydrogen) atoms. The summed E-state index contributed by atoms with van der Waals surface area (Å²) < 4.78 is 5.46. The van der Waals surface area contributed by atoms with Crippen molar-refractivity contribution in [3.63, 3.8) is 0 Å². The highest BCUT2D eigenvalue weighted by Crippen LogP contribution is 2.16. The zero-order chi connectivity index (χ0) is 13.7. The zero-order valence-electron chi connectivity index (χ0n) is 11.0. The average molecular weight is 265 g/mol. The van der Waals surface area contributed by atoms with E-state index in [1.54, 1.807) is 12.3 Å². The van der Waals surface area contributed by atoms with Crippen molar-refractivity contribution in [2.45, 2.75) is 12.8 Å². The predicted molar refractivity (Wildman–Crippen MR) is 71.4 cm³/mol. The summed E-state index contributed by atoms with van der Waals surface area (Å²) in [5.41, 5.74) is 5.93. The fourth-order valence-corrected chi connectivity index (χ4v) is 2.15. The van der Waals surface area contributed by atoms with Gasteiger partial charge in [-0.1, -0.05) is 5.16 Å². The minimum atomic E-state index is -0.0157. The minimum Gasteiger partial charge on any atom is -0.409 e. The lowest BCUT2D eigenvalue weighted by molar-refractivity contribution is 0.0575. The van der Waals surface area contributed by atoms with Crippen LogP contribution in [0.3, 0.4) is 0 Å². The molecular formula is C12H19N5O2. The van der Waals surface area contributed by atoms with Gasteiger partial charge in [-0.15, -0.1) is 0 Å². The molecule has 7 heteroatoms. The van der Waals surface area contributed by atoms with E-state index >= 15 is 0 Å². The van der Waals surface area contributed by atoms with Crippen molar-refractivity contribution in [2.75, 3.05) is 31.7 Å². The first-order valence-electron chi connectivity index (χ1n) is 6.30. The van der Waals surface area contributed by atoms with Gasteiger partial charge in [-0.05, 0) is 24.8 Å². The first-order valence-corrected chi connectivity index (χ1v) is 6.30. The van der Waals surface area contributed by atoms with Crippen LogP contribution in [0.2, 0.25) is 0 Å². The van der Waals surface area contributed by atoms with Crippen LogP contribution >= 0.6 is 0 Å². The Bertz CT molecular complexity index is 446. The number of aromatic nitrogens is 2. The number of hydrogen-bond acceptors (Lipinski definition) is 6. The van der Waals surface area contributed by atoms with Crippen LogP contribution in [0.4, 0.5) is 5.95 Å². The molecule has 0 saturated carbocycles. The highest BCUT2D eigenvalue weighted by molar-refractivity contribution is 5.95. The van der Waals surface area contributed by atoms with E-state index in [1.165, 1.54) is 0 Å². The average Bonchev–Trinajstić information content (AvgIpc) is 2.47. The Kier molecular flexibility index (Phi) is 4.51. The monoisotopic (exact) mass is 265 g/mol. The molecule has 1 saturated heterocycles. The van der Waals surface area contributed by atoms with Gasteiger partial charge in [0.25, 0.3) is 0 Å². The van der Waals surface area contributed by atoms with Gasteiger partial charge in [0, 0.05) is 26.4 Å². The van der Waals surface area contributed by atoms with E-state index in [9.17, 15) is 0 Å². The molecule has 104 valence electrons. The zero-order valence-corrected chi connectivity index (χ0v) is 11.0. The Labute approximate surface area is 112 Å². The summed E-state index contributed by atoms with van der Waals surface area (Å²) in [6.45, 7) is 2.47. The number of hydrogen-bond donors (Lipinski definition) is 2. The van der Waals surface area contributed by atoms with Crippen LogP contribution < -0.4 is 10.6 Å². The maximum absolute atomic E-state index is 8.65. The molecule has 0 bridgehead atoms. The first-order chi connectivity index (χ1) is 9.20. The van der Waals surface area contributed by atoms with Crippen LogP contribution in [0.15, 0.2) is 17.4 Å². The van der Waals surface area contributed by atoms with Crippen LogP contribution in [0.5, 0.6) is 0 Å². The predicted octanol–water partition coefficient (Wildman–Crippen LogP) is 0.434. The summed E-state index contributed by atoms with van der Waals surface area (Å²) in [7, 11) is 1.93. The number of nitrogens with zero attached hydrogens (tertiary/aromatic N) is 4. The summed E-state index contributed by atoms with van der Waals surface area (Å²) >= 11 is 0. The molecule has 0 spiro atoms. The van der Waals surface area contributed by atoms with Crippen molar-refractivity contribution in [1.82, 2.24) is 9.97 Å². The largest absolute Gasteiger partial charge is 0.409 e. The Balaban J connectivity index is 2.03. The highest BCUT2D eigenvalue weighted by Gasteiger charge is 2.17. The van der Waals surface area contributed by atoms with Crippen molar-refractivity contribution < 1.29 is 9.94 Å². The van der Waals surface area contributed by atoms with Crippen LogP contribution in [0.25, 0.3) is 0 Å². The smallest absolute Gasteiger partial charge is 0.225 e. The first kappa shape index (κ1) is 13.5. The van der Waals surface area contributed by atoms with Gasteiger partial charge in [-0.3, -0.25) is 0 Å². The van der Waals surface area contributed by atoms with Crippen LogP contribution in [-0.2, 0) is 4.74 Å². The third-order valence-corrected chi connectivity index (χ3v) is 3.14. The van der Waals surface area contributed by atoms with Gasteiger partial charge in [0.15, 0.2) is 5.84 Å². The fraction of sp³-hybridized carbons (Fsp3) is 0.583. The molecule has 0 radical (unpaired) electrons. The van der Waals surface area contributed by atoms with Gasteiger partial charge in [-0.25, -0.2) is 9.97 Å². The highest BCUT2D eigenvalue weighted by atomic mass is 16.5. The van der Waals surface area contributed by atoms with Gasteiger partial charge in [0.2, 0.25) is 5.95 Å². The number of ether oxygens (including phenoxy) is 1. The maximum atomic E-state index is 8.65. The topological polar surface area (TPSA) is 96.9 Å². The SMILES string of the molecule is CN(CC1CCCOC1)c1nccc(/C(N)=N/O)n1. The molecular weight excluding hydrogens is 246 g/mol. The molecule has 0 aromatic carbocycles. The van der Waals surface area contributed by atoms with Crippen LogP contribution in [0, 0.1) is 5.92 Å². The molecule has 1 aromatic rings. The second-order valence-electron chi connectivity index (χ2n) is 4.69. The Morgan fingerprint density at radius 2 is 2.53 bits per heavy atom. The van der Waals surface area contributed by atoms with Crippen molar-refractivity contribution in [3.8, 4) is 0 Å². The summed E-state index contributed by atoms with van der Waals surface area (Å²) in [5, 5.41) is 11.6. The number of amidine groups is 1. The van der Waals surface area contributed by atoms with Crippen LogP contribution in [-0.4, -0.2) is 47.8 Å². The fourth-order valence-electron chi connectivity index (χ4n) is 2.15. The molecule has 1 aliphatic heterocycles.